The molecule has 4 rings (SSSR count). The molecule has 146 valence electrons. The van der Waals surface area contributed by atoms with Crippen LogP contribution in [0.1, 0.15) is 48.7 Å². The molecule has 0 spiro atoms. The molecule has 0 saturated carbocycles. The van der Waals surface area contributed by atoms with E-state index in [9.17, 15) is 4.79 Å². The quantitative estimate of drug-likeness (QED) is 0.730. The lowest BCUT2D eigenvalue weighted by molar-refractivity contribution is 0.0932. The van der Waals surface area contributed by atoms with Crippen LogP contribution in [0.15, 0.2) is 36.5 Å². The number of hydrogen-bond donors (Lipinski definition) is 2. The second kappa shape index (κ2) is 7.72. The lowest BCUT2D eigenvalue weighted by atomic mass is 10.0. The first-order valence-electron chi connectivity index (χ1n) is 10.0. The average Bonchev–Trinajstić information content (AvgIpc) is 3.12. The van der Waals surface area contributed by atoms with Gasteiger partial charge in [0.15, 0.2) is 5.65 Å². The molecule has 1 aromatic carbocycles. The summed E-state index contributed by atoms with van der Waals surface area (Å²) in [6.07, 6.45) is 3.84. The summed E-state index contributed by atoms with van der Waals surface area (Å²) >= 11 is 0. The van der Waals surface area contributed by atoms with Crippen LogP contribution in [0.2, 0.25) is 0 Å². The molecule has 0 radical (unpaired) electrons. The molecule has 2 aromatic heterocycles. The lowest BCUT2D eigenvalue weighted by Gasteiger charge is -2.24. The Morgan fingerprint density at radius 3 is 2.86 bits per heavy atom. The van der Waals surface area contributed by atoms with Crippen LogP contribution in [0.4, 0.5) is 0 Å². The number of rotatable bonds is 4. The van der Waals surface area contributed by atoms with Crippen LogP contribution in [0.5, 0.6) is 0 Å². The van der Waals surface area contributed by atoms with E-state index in [2.05, 4.69) is 42.6 Å². The van der Waals surface area contributed by atoms with E-state index in [4.69, 9.17) is 4.98 Å². The van der Waals surface area contributed by atoms with Crippen molar-refractivity contribution in [2.45, 2.75) is 45.7 Å². The second-order valence-electron chi connectivity index (χ2n) is 7.81. The number of hydrogen-bond acceptors (Lipinski definition) is 4. The van der Waals surface area contributed by atoms with Crippen LogP contribution >= 0.6 is 0 Å². The Hall–Kier alpha value is -2.73. The van der Waals surface area contributed by atoms with Crippen molar-refractivity contribution in [2.75, 3.05) is 13.1 Å². The minimum atomic E-state index is -0.0563. The summed E-state index contributed by atoms with van der Waals surface area (Å²) in [5.41, 5.74) is 4.37. The standard InChI is InChI=1S/C22H27N5O/c1-14(2)27-21-19(13-24-27)18(22(28)25-16-8-6-10-23-12-16)11-20(26-21)17-9-5-4-7-15(17)3/h4-5,7,9,11,13-14,16,23H,6,8,10,12H2,1-3H3,(H,25,28)/t16-/m0/s1. The van der Waals surface area contributed by atoms with Gasteiger partial charge in [0.05, 0.1) is 22.8 Å². The first-order chi connectivity index (χ1) is 13.5. The molecule has 1 fully saturated rings. The molecule has 1 amide bonds. The molecular formula is C22H27N5O. The Kier molecular flexibility index (Phi) is 5.13. The zero-order chi connectivity index (χ0) is 19.7. The highest BCUT2D eigenvalue weighted by Gasteiger charge is 2.22. The second-order valence-corrected chi connectivity index (χ2v) is 7.81. The van der Waals surface area contributed by atoms with Gasteiger partial charge in [-0.3, -0.25) is 4.79 Å². The Balaban J connectivity index is 1.82. The topological polar surface area (TPSA) is 71.8 Å². The van der Waals surface area contributed by atoms with Crippen molar-refractivity contribution in [3.05, 3.63) is 47.7 Å². The van der Waals surface area contributed by atoms with E-state index in [1.54, 1.807) is 6.20 Å². The van der Waals surface area contributed by atoms with E-state index in [1.807, 2.05) is 28.9 Å². The van der Waals surface area contributed by atoms with Gasteiger partial charge in [0.25, 0.3) is 5.91 Å². The Labute approximate surface area is 165 Å². The largest absolute Gasteiger partial charge is 0.348 e. The number of pyridine rings is 1. The van der Waals surface area contributed by atoms with Gasteiger partial charge in [-0.25, -0.2) is 9.67 Å². The number of aromatic nitrogens is 3. The Morgan fingerprint density at radius 1 is 1.32 bits per heavy atom. The lowest BCUT2D eigenvalue weighted by Crippen LogP contribution is -2.45. The number of amides is 1. The smallest absolute Gasteiger partial charge is 0.252 e. The van der Waals surface area contributed by atoms with Gasteiger partial charge in [0.1, 0.15) is 0 Å². The van der Waals surface area contributed by atoms with Crippen molar-refractivity contribution in [1.29, 1.82) is 0 Å². The molecule has 1 saturated heterocycles. The number of carbonyl (C=O) groups is 1. The van der Waals surface area contributed by atoms with Gasteiger partial charge in [-0.15, -0.1) is 0 Å². The van der Waals surface area contributed by atoms with Crippen LogP contribution in [0.25, 0.3) is 22.3 Å². The predicted molar refractivity (Wildman–Crippen MR) is 111 cm³/mol. The average molecular weight is 377 g/mol. The highest BCUT2D eigenvalue weighted by Crippen LogP contribution is 2.28. The van der Waals surface area contributed by atoms with E-state index in [0.29, 0.717) is 5.56 Å². The van der Waals surface area contributed by atoms with Crippen LogP contribution < -0.4 is 10.6 Å². The van der Waals surface area contributed by atoms with Crippen molar-refractivity contribution in [1.82, 2.24) is 25.4 Å². The zero-order valence-electron chi connectivity index (χ0n) is 16.7. The summed E-state index contributed by atoms with van der Waals surface area (Å²) in [5.74, 6) is -0.0563. The molecule has 6 nitrogen and oxygen atoms in total. The van der Waals surface area contributed by atoms with Gasteiger partial charge in [0.2, 0.25) is 0 Å². The van der Waals surface area contributed by atoms with E-state index in [-0.39, 0.29) is 18.0 Å². The van der Waals surface area contributed by atoms with Crippen molar-refractivity contribution in [3.8, 4) is 11.3 Å². The van der Waals surface area contributed by atoms with E-state index in [0.717, 1.165) is 53.8 Å². The molecule has 0 bridgehead atoms. The molecule has 1 aliphatic heterocycles. The molecular weight excluding hydrogens is 350 g/mol. The summed E-state index contributed by atoms with van der Waals surface area (Å²) in [6, 6.07) is 10.4. The fourth-order valence-corrected chi connectivity index (χ4v) is 3.82. The maximum atomic E-state index is 13.2. The Morgan fingerprint density at radius 2 is 2.14 bits per heavy atom. The number of nitrogens with one attached hydrogen (secondary N) is 2. The number of carbonyl (C=O) groups excluding carboxylic acids is 1. The molecule has 1 aliphatic rings. The minimum absolute atomic E-state index is 0.0563. The maximum Gasteiger partial charge on any atom is 0.252 e. The molecule has 28 heavy (non-hydrogen) atoms. The molecule has 3 heterocycles. The highest BCUT2D eigenvalue weighted by atomic mass is 16.1. The van der Waals surface area contributed by atoms with E-state index in [1.165, 1.54) is 0 Å². The van der Waals surface area contributed by atoms with Gasteiger partial charge < -0.3 is 10.6 Å². The highest BCUT2D eigenvalue weighted by molar-refractivity contribution is 6.06. The third-order valence-corrected chi connectivity index (χ3v) is 5.35. The SMILES string of the molecule is Cc1ccccc1-c1cc(C(=O)N[C@H]2CCCNC2)c2cnn(C(C)C)c2n1. The summed E-state index contributed by atoms with van der Waals surface area (Å²) in [6.45, 7) is 8.04. The maximum absolute atomic E-state index is 13.2. The summed E-state index contributed by atoms with van der Waals surface area (Å²) in [7, 11) is 0. The molecule has 3 aromatic rings. The third-order valence-electron chi connectivity index (χ3n) is 5.35. The number of piperidine rings is 1. The van der Waals surface area contributed by atoms with Gasteiger partial charge in [-0.2, -0.15) is 5.10 Å². The van der Waals surface area contributed by atoms with E-state index < -0.39 is 0 Å². The fourth-order valence-electron chi connectivity index (χ4n) is 3.82. The summed E-state index contributed by atoms with van der Waals surface area (Å²) < 4.78 is 1.88. The third kappa shape index (κ3) is 3.52. The number of nitrogens with zero attached hydrogens (tertiary/aromatic N) is 3. The van der Waals surface area contributed by atoms with Gasteiger partial charge in [-0.1, -0.05) is 24.3 Å². The predicted octanol–water partition coefficient (Wildman–Crippen LogP) is 3.47. The van der Waals surface area contributed by atoms with Crippen LogP contribution in [0.3, 0.4) is 0 Å². The van der Waals surface area contributed by atoms with Crippen molar-refractivity contribution in [2.24, 2.45) is 0 Å². The number of fused-ring (bicyclic) bond motifs is 1. The van der Waals surface area contributed by atoms with Gasteiger partial charge in [0, 0.05) is 24.2 Å². The molecule has 0 unspecified atom stereocenters. The molecule has 6 heteroatoms. The molecule has 0 aliphatic carbocycles. The molecule has 1 atom stereocenters. The van der Waals surface area contributed by atoms with Crippen LogP contribution in [-0.4, -0.2) is 39.8 Å². The summed E-state index contributed by atoms with van der Waals surface area (Å²) in [5, 5.41) is 11.8. The van der Waals surface area contributed by atoms with Crippen molar-refractivity contribution >= 4 is 16.9 Å². The normalized spacial score (nSPS) is 17.2. The van der Waals surface area contributed by atoms with Crippen LogP contribution in [0, 0.1) is 6.92 Å². The minimum Gasteiger partial charge on any atom is -0.348 e. The number of aryl methyl sites for hydroxylation is 1. The van der Waals surface area contributed by atoms with Crippen molar-refractivity contribution in [3.63, 3.8) is 0 Å². The first-order valence-corrected chi connectivity index (χ1v) is 10.0. The number of benzene rings is 1. The first kappa shape index (κ1) is 18.6. The van der Waals surface area contributed by atoms with E-state index >= 15 is 0 Å². The monoisotopic (exact) mass is 377 g/mol. The van der Waals surface area contributed by atoms with Gasteiger partial charge in [-0.05, 0) is 51.8 Å². The summed E-state index contributed by atoms with van der Waals surface area (Å²) in [4.78, 5) is 18.1. The van der Waals surface area contributed by atoms with Gasteiger partial charge >= 0.3 is 0 Å². The molecule has 2 N–H and O–H groups in total. The van der Waals surface area contributed by atoms with Crippen LogP contribution in [-0.2, 0) is 0 Å². The fraction of sp³-hybridized carbons (Fsp3) is 0.409. The Bertz CT molecular complexity index is 1000. The zero-order valence-corrected chi connectivity index (χ0v) is 16.7. The van der Waals surface area contributed by atoms with Crippen molar-refractivity contribution < 1.29 is 4.79 Å².